The molecule has 1 rings (SSSR count). The third-order valence-electron chi connectivity index (χ3n) is 2.65. The third-order valence-corrected chi connectivity index (χ3v) is 6.84. The first kappa shape index (κ1) is 15.6. The van der Waals surface area contributed by atoms with Gasteiger partial charge in [0.25, 0.3) is 0 Å². The molecule has 5 heteroatoms. The second kappa shape index (κ2) is 6.16. The van der Waals surface area contributed by atoms with Gasteiger partial charge in [-0.15, -0.1) is 0 Å². The van der Waals surface area contributed by atoms with Gasteiger partial charge in [-0.2, -0.15) is 0 Å². The number of rotatable bonds is 6. The first-order valence-corrected chi connectivity index (χ1v) is 11.4. The van der Waals surface area contributed by atoms with Gasteiger partial charge >= 0.3 is 7.60 Å². The van der Waals surface area contributed by atoms with Crippen LogP contribution in [0.4, 0.5) is 0 Å². The SMILES string of the molecule is CCOP(=O)(OCC)c1ccc([Si](C)(C)C)cc1. The summed E-state index contributed by atoms with van der Waals surface area (Å²) in [6, 6.07) is 7.85. The van der Waals surface area contributed by atoms with Crippen LogP contribution in [0.1, 0.15) is 13.8 Å². The van der Waals surface area contributed by atoms with E-state index in [1.165, 1.54) is 5.19 Å². The van der Waals surface area contributed by atoms with Crippen molar-refractivity contribution in [2.24, 2.45) is 0 Å². The Morgan fingerprint density at radius 2 is 1.44 bits per heavy atom. The molecule has 0 amide bonds. The molecular formula is C13H23O3PSi. The molecule has 102 valence electrons. The van der Waals surface area contributed by atoms with Crippen LogP contribution in [-0.2, 0) is 13.6 Å². The summed E-state index contributed by atoms with van der Waals surface area (Å²) in [7, 11) is -4.45. The van der Waals surface area contributed by atoms with Crippen LogP contribution >= 0.6 is 7.60 Å². The number of hydrogen-bond acceptors (Lipinski definition) is 3. The zero-order valence-corrected chi connectivity index (χ0v) is 13.8. The molecule has 0 aliphatic heterocycles. The Hall–Kier alpha value is -0.413. The summed E-state index contributed by atoms with van der Waals surface area (Å²) < 4.78 is 23.2. The summed E-state index contributed by atoms with van der Waals surface area (Å²) in [4.78, 5) is 0. The fourth-order valence-electron chi connectivity index (χ4n) is 1.67. The zero-order chi connectivity index (χ0) is 13.8. The summed E-state index contributed by atoms with van der Waals surface area (Å²) in [6.07, 6.45) is 0. The van der Waals surface area contributed by atoms with Gasteiger partial charge in [0, 0.05) is 0 Å². The molecular weight excluding hydrogens is 263 g/mol. The Balaban J connectivity index is 3.05. The van der Waals surface area contributed by atoms with Crippen LogP contribution < -0.4 is 10.5 Å². The van der Waals surface area contributed by atoms with Gasteiger partial charge in [-0.3, -0.25) is 4.57 Å². The largest absolute Gasteiger partial charge is 0.361 e. The lowest BCUT2D eigenvalue weighted by Gasteiger charge is -2.20. The molecule has 3 nitrogen and oxygen atoms in total. The molecule has 18 heavy (non-hydrogen) atoms. The van der Waals surface area contributed by atoms with Crippen LogP contribution in [0.25, 0.3) is 0 Å². The fourth-order valence-corrected chi connectivity index (χ4v) is 4.40. The average molecular weight is 286 g/mol. The highest BCUT2D eigenvalue weighted by atomic mass is 31.2. The second-order valence-electron chi connectivity index (χ2n) is 5.13. The van der Waals surface area contributed by atoms with Crippen LogP contribution in [-0.4, -0.2) is 21.3 Å². The zero-order valence-electron chi connectivity index (χ0n) is 11.9. The van der Waals surface area contributed by atoms with Crippen molar-refractivity contribution in [2.75, 3.05) is 13.2 Å². The van der Waals surface area contributed by atoms with E-state index in [2.05, 4.69) is 19.6 Å². The van der Waals surface area contributed by atoms with Gasteiger partial charge in [0.05, 0.1) is 26.6 Å². The van der Waals surface area contributed by atoms with Gasteiger partial charge in [-0.1, -0.05) is 37.0 Å². The van der Waals surface area contributed by atoms with Crippen molar-refractivity contribution in [1.29, 1.82) is 0 Å². The van der Waals surface area contributed by atoms with E-state index in [1.54, 1.807) is 0 Å². The maximum Gasteiger partial charge on any atom is 0.361 e. The molecule has 0 unspecified atom stereocenters. The molecule has 0 aliphatic carbocycles. The van der Waals surface area contributed by atoms with Gasteiger partial charge in [0.1, 0.15) is 0 Å². The number of hydrogen-bond donors (Lipinski definition) is 0. The Morgan fingerprint density at radius 1 is 1.00 bits per heavy atom. The van der Waals surface area contributed by atoms with Gasteiger partial charge in [0.15, 0.2) is 0 Å². The molecule has 0 spiro atoms. The van der Waals surface area contributed by atoms with E-state index < -0.39 is 15.7 Å². The summed E-state index contributed by atoms with van der Waals surface area (Å²) in [5, 5.41) is 1.99. The van der Waals surface area contributed by atoms with E-state index in [1.807, 2.05) is 38.1 Å². The minimum atomic E-state index is -3.13. The molecule has 0 fully saturated rings. The lowest BCUT2D eigenvalue weighted by molar-refractivity contribution is 0.230. The van der Waals surface area contributed by atoms with Gasteiger partial charge in [0.2, 0.25) is 0 Å². The quantitative estimate of drug-likeness (QED) is 0.595. The Labute approximate surface area is 111 Å². The van der Waals surface area contributed by atoms with Crippen LogP contribution in [0.2, 0.25) is 19.6 Å². The molecule has 1 aromatic rings. The topological polar surface area (TPSA) is 35.5 Å². The highest BCUT2D eigenvalue weighted by molar-refractivity contribution is 7.62. The normalized spacial score (nSPS) is 12.7. The van der Waals surface area contributed by atoms with E-state index in [0.717, 1.165) is 0 Å². The molecule has 0 bridgehead atoms. The highest BCUT2D eigenvalue weighted by Gasteiger charge is 2.27. The molecule has 0 aromatic heterocycles. The first-order valence-electron chi connectivity index (χ1n) is 6.33. The molecule has 0 N–H and O–H groups in total. The molecule has 0 saturated heterocycles. The highest BCUT2D eigenvalue weighted by Crippen LogP contribution is 2.46. The standard InChI is InChI=1S/C13H23O3PSi/c1-6-15-17(14,16-7-2)12-8-10-13(11-9-12)18(3,4)5/h8-11H,6-7H2,1-5H3. The Morgan fingerprint density at radius 3 is 1.78 bits per heavy atom. The van der Waals surface area contributed by atoms with Crippen LogP contribution in [0.5, 0.6) is 0 Å². The molecule has 0 heterocycles. The van der Waals surface area contributed by atoms with Crippen molar-refractivity contribution >= 4 is 26.2 Å². The van der Waals surface area contributed by atoms with Crippen LogP contribution in [0.15, 0.2) is 24.3 Å². The van der Waals surface area contributed by atoms with Gasteiger partial charge < -0.3 is 9.05 Å². The maximum absolute atomic E-state index is 12.5. The first-order chi connectivity index (χ1) is 8.33. The van der Waals surface area contributed by atoms with E-state index in [9.17, 15) is 4.57 Å². The molecule has 0 saturated carbocycles. The van der Waals surface area contributed by atoms with Crippen molar-refractivity contribution in [3.05, 3.63) is 24.3 Å². The summed E-state index contributed by atoms with van der Waals surface area (Å²) in [5.74, 6) is 0. The van der Waals surface area contributed by atoms with Crippen molar-refractivity contribution in [3.63, 3.8) is 0 Å². The van der Waals surface area contributed by atoms with Crippen molar-refractivity contribution < 1.29 is 13.6 Å². The predicted octanol–water partition coefficient (Wildman–Crippen LogP) is 3.12. The molecule has 0 aliphatic rings. The monoisotopic (exact) mass is 286 g/mol. The number of benzene rings is 1. The summed E-state index contributed by atoms with van der Waals surface area (Å²) in [5.41, 5.74) is 0. The van der Waals surface area contributed by atoms with Crippen molar-refractivity contribution in [2.45, 2.75) is 33.5 Å². The van der Waals surface area contributed by atoms with E-state index in [-0.39, 0.29) is 0 Å². The maximum atomic E-state index is 12.5. The lowest BCUT2D eigenvalue weighted by Crippen LogP contribution is -2.37. The third kappa shape index (κ3) is 3.79. The summed E-state index contributed by atoms with van der Waals surface area (Å²) >= 11 is 0. The molecule has 0 radical (unpaired) electrons. The molecule has 1 aromatic carbocycles. The van der Waals surface area contributed by atoms with Crippen molar-refractivity contribution in [3.8, 4) is 0 Å². The van der Waals surface area contributed by atoms with E-state index >= 15 is 0 Å². The Bertz CT molecular complexity index is 413. The van der Waals surface area contributed by atoms with Crippen LogP contribution in [0, 0.1) is 0 Å². The van der Waals surface area contributed by atoms with Crippen molar-refractivity contribution in [1.82, 2.24) is 0 Å². The lowest BCUT2D eigenvalue weighted by atomic mass is 10.4. The average Bonchev–Trinajstić information content (AvgIpc) is 2.29. The smallest absolute Gasteiger partial charge is 0.305 e. The molecule has 0 atom stereocenters. The van der Waals surface area contributed by atoms with Gasteiger partial charge in [-0.25, -0.2) is 0 Å². The van der Waals surface area contributed by atoms with E-state index in [4.69, 9.17) is 9.05 Å². The fraction of sp³-hybridized carbons (Fsp3) is 0.538. The minimum Gasteiger partial charge on any atom is -0.305 e. The Kier molecular flexibility index (Phi) is 5.35. The summed E-state index contributed by atoms with van der Waals surface area (Å²) in [6.45, 7) is 11.3. The second-order valence-corrected chi connectivity index (χ2v) is 12.2. The van der Waals surface area contributed by atoms with E-state index in [0.29, 0.717) is 18.5 Å². The predicted molar refractivity (Wildman–Crippen MR) is 79.9 cm³/mol. The van der Waals surface area contributed by atoms with Crippen LogP contribution in [0.3, 0.4) is 0 Å². The van der Waals surface area contributed by atoms with Gasteiger partial charge in [-0.05, 0) is 26.0 Å². The minimum absolute atomic E-state index is 0.382.